The van der Waals surface area contributed by atoms with Gasteiger partial charge >= 0.3 is 5.97 Å². The number of halogens is 2. The minimum atomic E-state index is -1.07. The molecule has 2 aromatic carbocycles. The van der Waals surface area contributed by atoms with Crippen LogP contribution in [0.2, 0.25) is 10.0 Å². The molecule has 9 heteroatoms. The first kappa shape index (κ1) is 24.7. The van der Waals surface area contributed by atoms with Crippen LogP contribution >= 0.6 is 23.2 Å². The predicted octanol–water partition coefficient (Wildman–Crippen LogP) is 4.03. The highest BCUT2D eigenvalue weighted by molar-refractivity contribution is 6.40. The molecule has 0 bridgehead atoms. The van der Waals surface area contributed by atoms with Crippen molar-refractivity contribution in [1.82, 2.24) is 5.32 Å². The van der Waals surface area contributed by atoms with Crippen LogP contribution in [0.3, 0.4) is 0 Å². The third-order valence-corrected chi connectivity index (χ3v) is 5.33. The number of phenols is 1. The van der Waals surface area contributed by atoms with Crippen molar-refractivity contribution in [2.24, 2.45) is 11.7 Å². The molecule has 0 aliphatic heterocycles. The Bertz CT molecular complexity index is 942. The summed E-state index contributed by atoms with van der Waals surface area (Å²) in [7, 11) is 0. The van der Waals surface area contributed by atoms with Crippen LogP contribution in [0, 0.1) is 5.92 Å². The van der Waals surface area contributed by atoms with Gasteiger partial charge in [-0.2, -0.15) is 0 Å². The van der Waals surface area contributed by atoms with Gasteiger partial charge in [-0.3, -0.25) is 14.4 Å². The summed E-state index contributed by atoms with van der Waals surface area (Å²) >= 11 is 12.4. The monoisotopic (exact) mass is 466 g/mol. The number of hydrogen-bond acceptors (Lipinski definition) is 5. The van der Waals surface area contributed by atoms with Gasteiger partial charge in [0, 0.05) is 18.5 Å². The number of benzene rings is 2. The minimum Gasteiger partial charge on any atom is -0.508 e. The third-order valence-electron chi connectivity index (χ3n) is 4.73. The lowest BCUT2D eigenvalue weighted by atomic mass is 9.93. The molecule has 7 nitrogen and oxygen atoms in total. The van der Waals surface area contributed by atoms with Gasteiger partial charge in [0.1, 0.15) is 5.75 Å². The van der Waals surface area contributed by atoms with Crippen LogP contribution in [0.25, 0.3) is 0 Å². The largest absolute Gasteiger partial charge is 0.508 e. The van der Waals surface area contributed by atoms with Crippen molar-refractivity contribution in [2.75, 3.05) is 6.54 Å². The second-order valence-corrected chi connectivity index (χ2v) is 7.93. The van der Waals surface area contributed by atoms with Crippen molar-refractivity contribution in [3.8, 4) is 5.75 Å². The first-order valence-electron chi connectivity index (χ1n) is 9.74. The molecule has 1 atom stereocenters. The molecule has 31 heavy (non-hydrogen) atoms. The predicted molar refractivity (Wildman–Crippen MR) is 119 cm³/mol. The molecule has 5 N–H and O–H groups in total. The Morgan fingerprint density at radius 3 is 2.32 bits per heavy atom. The van der Waals surface area contributed by atoms with Gasteiger partial charge in [0.25, 0.3) is 5.91 Å². The highest BCUT2D eigenvalue weighted by Crippen LogP contribution is 2.30. The molecule has 0 saturated carbocycles. The number of carbonyl (C=O) groups excluding carboxylic acids is 2. The summed E-state index contributed by atoms with van der Waals surface area (Å²) in [6, 6.07) is 9.09. The zero-order valence-electron chi connectivity index (χ0n) is 16.7. The average molecular weight is 467 g/mol. The molecule has 0 spiro atoms. The van der Waals surface area contributed by atoms with Crippen LogP contribution < -0.4 is 11.1 Å². The Morgan fingerprint density at radius 2 is 1.74 bits per heavy atom. The molecule has 0 aliphatic rings. The maximum atomic E-state index is 12.7. The highest BCUT2D eigenvalue weighted by atomic mass is 35.5. The lowest BCUT2D eigenvalue weighted by Gasteiger charge is -2.14. The Balaban J connectivity index is 2.10. The van der Waals surface area contributed by atoms with E-state index >= 15 is 0 Å². The molecule has 0 heterocycles. The van der Waals surface area contributed by atoms with Gasteiger partial charge in [-0.25, -0.2) is 0 Å². The van der Waals surface area contributed by atoms with E-state index in [1.807, 2.05) is 0 Å². The molecule has 166 valence electrons. The van der Waals surface area contributed by atoms with Crippen molar-refractivity contribution >= 4 is 40.9 Å². The van der Waals surface area contributed by atoms with Crippen molar-refractivity contribution in [1.29, 1.82) is 0 Å². The van der Waals surface area contributed by atoms with Gasteiger partial charge in [0.05, 0.1) is 21.5 Å². The number of unbranched alkanes of at least 4 members (excludes halogenated alkanes) is 1. The van der Waals surface area contributed by atoms with Crippen molar-refractivity contribution in [3.05, 3.63) is 63.1 Å². The van der Waals surface area contributed by atoms with Gasteiger partial charge in [-0.05, 0) is 49.2 Å². The zero-order chi connectivity index (χ0) is 23.0. The summed E-state index contributed by atoms with van der Waals surface area (Å²) in [5, 5.41) is 21.5. The second-order valence-electron chi connectivity index (χ2n) is 7.11. The zero-order valence-corrected chi connectivity index (χ0v) is 18.2. The van der Waals surface area contributed by atoms with Crippen LogP contribution in [-0.2, 0) is 11.3 Å². The fraction of sp³-hybridized carbons (Fsp3) is 0.318. The SMILES string of the molecule is NCCCC[C@H](CC(=O)c1c(Cl)cc(C(=O)NCc2cccc(O)c2)cc1Cl)C(=O)O. The maximum absolute atomic E-state index is 12.7. The molecule has 0 radical (unpaired) electrons. The Kier molecular flexibility index (Phi) is 9.30. The molecular formula is C22H24Cl2N2O5. The van der Waals surface area contributed by atoms with Crippen LogP contribution in [0.15, 0.2) is 36.4 Å². The summed E-state index contributed by atoms with van der Waals surface area (Å²) in [5.41, 5.74) is 6.29. The third kappa shape index (κ3) is 7.24. The van der Waals surface area contributed by atoms with E-state index in [-0.39, 0.29) is 39.9 Å². The number of nitrogens with two attached hydrogens (primary N) is 1. The molecular weight excluding hydrogens is 443 g/mol. The molecule has 0 aromatic heterocycles. The van der Waals surface area contributed by atoms with Crippen LogP contribution in [0.4, 0.5) is 0 Å². The van der Waals surface area contributed by atoms with Gasteiger partial charge in [-0.15, -0.1) is 0 Å². The number of rotatable bonds is 11. The van der Waals surface area contributed by atoms with E-state index in [9.17, 15) is 24.6 Å². The first-order chi connectivity index (χ1) is 14.7. The van der Waals surface area contributed by atoms with E-state index < -0.39 is 23.6 Å². The van der Waals surface area contributed by atoms with E-state index in [0.29, 0.717) is 31.4 Å². The van der Waals surface area contributed by atoms with Gasteiger partial charge < -0.3 is 21.3 Å². The Labute approximate surface area is 190 Å². The molecule has 2 rings (SSSR count). The topological polar surface area (TPSA) is 130 Å². The second kappa shape index (κ2) is 11.7. The van der Waals surface area contributed by atoms with Gasteiger partial charge in [0.2, 0.25) is 0 Å². The van der Waals surface area contributed by atoms with Crippen LogP contribution in [-0.4, -0.2) is 34.4 Å². The lowest BCUT2D eigenvalue weighted by molar-refractivity contribution is -0.141. The molecule has 0 aliphatic carbocycles. The quantitative estimate of drug-likeness (QED) is 0.292. The van der Waals surface area contributed by atoms with E-state index in [2.05, 4.69) is 5.32 Å². The van der Waals surface area contributed by atoms with Crippen LogP contribution in [0.1, 0.15) is 52.0 Å². The number of aliphatic carboxylic acids is 1. The number of ketones is 1. The van der Waals surface area contributed by atoms with Crippen molar-refractivity contribution < 1.29 is 24.6 Å². The molecule has 0 fully saturated rings. The summed E-state index contributed by atoms with van der Waals surface area (Å²) in [6.07, 6.45) is 1.35. The maximum Gasteiger partial charge on any atom is 0.306 e. The van der Waals surface area contributed by atoms with Crippen molar-refractivity contribution in [2.45, 2.75) is 32.2 Å². The summed E-state index contributed by atoms with van der Waals surface area (Å²) < 4.78 is 0. The number of carbonyl (C=O) groups is 3. The van der Waals surface area contributed by atoms with E-state index in [0.717, 1.165) is 0 Å². The number of phenolic OH excluding ortho intramolecular Hbond substituents is 1. The smallest absolute Gasteiger partial charge is 0.306 e. The fourth-order valence-electron chi connectivity index (χ4n) is 3.10. The minimum absolute atomic E-state index is 0.00191. The van der Waals surface area contributed by atoms with E-state index in [1.54, 1.807) is 12.1 Å². The number of carboxylic acids is 1. The highest BCUT2D eigenvalue weighted by Gasteiger charge is 2.25. The standard InChI is InChI=1S/C22H24Cl2N2O5/c23-17-9-15(21(29)26-12-13-4-3-6-16(27)8-13)10-18(24)20(17)19(28)11-14(22(30)31)5-1-2-7-25/h3-4,6,8-10,14,27H,1-2,5,7,11-12,25H2,(H,26,29)(H,30,31)/t14-/m1/s1. The summed E-state index contributed by atoms with van der Waals surface area (Å²) in [6.45, 7) is 0.624. The molecule has 0 unspecified atom stereocenters. The first-order valence-corrected chi connectivity index (χ1v) is 10.5. The van der Waals surface area contributed by atoms with E-state index in [4.69, 9.17) is 28.9 Å². The van der Waals surface area contributed by atoms with Gasteiger partial charge in [0.15, 0.2) is 5.78 Å². The van der Waals surface area contributed by atoms with Crippen LogP contribution in [0.5, 0.6) is 5.75 Å². The number of carboxylic acid groups (broad SMARTS) is 1. The summed E-state index contributed by atoms with van der Waals surface area (Å²) in [4.78, 5) is 36.6. The number of Topliss-reactive ketones (excluding diaryl/α,β-unsaturated/α-hetero) is 1. The number of hydrogen-bond donors (Lipinski definition) is 4. The number of nitrogens with one attached hydrogen (secondary N) is 1. The Hall–Kier alpha value is -2.61. The average Bonchev–Trinajstić information content (AvgIpc) is 2.70. The molecule has 2 aromatic rings. The van der Waals surface area contributed by atoms with Crippen molar-refractivity contribution in [3.63, 3.8) is 0 Å². The van der Waals surface area contributed by atoms with E-state index in [1.165, 1.54) is 24.3 Å². The molecule has 0 saturated heterocycles. The number of aromatic hydroxyl groups is 1. The number of amides is 1. The normalized spacial score (nSPS) is 11.7. The Morgan fingerprint density at radius 1 is 1.06 bits per heavy atom. The van der Waals surface area contributed by atoms with Gasteiger partial charge in [-0.1, -0.05) is 41.8 Å². The fourth-order valence-corrected chi connectivity index (χ4v) is 3.79. The molecule has 1 amide bonds. The summed E-state index contributed by atoms with van der Waals surface area (Å²) in [5.74, 6) is -2.81. The lowest BCUT2D eigenvalue weighted by Crippen LogP contribution is -2.23.